The largest absolute Gasteiger partial charge is 0.322 e. The second-order valence-electron chi connectivity index (χ2n) is 3.55. The summed E-state index contributed by atoms with van der Waals surface area (Å²) < 4.78 is 0. The van der Waals surface area contributed by atoms with Gasteiger partial charge in [-0.2, -0.15) is 0 Å². The van der Waals surface area contributed by atoms with E-state index in [1.807, 2.05) is 13.0 Å². The Morgan fingerprint density at radius 2 is 2.56 bits per heavy atom. The molecule has 1 fully saturated rings. The summed E-state index contributed by atoms with van der Waals surface area (Å²) in [7, 11) is 0. The molecule has 1 saturated heterocycles. The van der Waals surface area contributed by atoms with Crippen LogP contribution in [0.2, 0.25) is 5.15 Å². The van der Waals surface area contributed by atoms with Crippen LogP contribution >= 0.6 is 23.4 Å². The zero-order valence-electron chi connectivity index (χ0n) is 8.79. The molecule has 0 bridgehead atoms. The van der Waals surface area contributed by atoms with Gasteiger partial charge in [0, 0.05) is 17.8 Å². The molecule has 1 aliphatic heterocycles. The van der Waals surface area contributed by atoms with Crippen LogP contribution in [0.15, 0.2) is 12.3 Å². The maximum atomic E-state index is 11.8. The summed E-state index contributed by atoms with van der Waals surface area (Å²) in [5.74, 6) is 1.56. The molecule has 2 heterocycles. The summed E-state index contributed by atoms with van der Waals surface area (Å²) in [5, 5.41) is 6.25. The van der Waals surface area contributed by atoms with E-state index in [4.69, 9.17) is 11.6 Å². The number of anilines is 1. The summed E-state index contributed by atoms with van der Waals surface area (Å²) in [4.78, 5) is 15.8. The monoisotopic (exact) mass is 257 g/mol. The van der Waals surface area contributed by atoms with Crippen molar-refractivity contribution in [1.29, 1.82) is 0 Å². The Bertz CT molecular complexity index is 387. The third-order valence-corrected chi connectivity index (χ3v) is 3.62. The Morgan fingerprint density at radius 1 is 1.75 bits per heavy atom. The lowest BCUT2D eigenvalue weighted by Crippen LogP contribution is -2.37. The van der Waals surface area contributed by atoms with E-state index in [1.54, 1.807) is 18.0 Å². The minimum absolute atomic E-state index is 0.0528. The molecule has 0 aromatic carbocycles. The topological polar surface area (TPSA) is 54.0 Å². The minimum Gasteiger partial charge on any atom is -0.322 e. The average molecular weight is 258 g/mol. The van der Waals surface area contributed by atoms with Crippen LogP contribution in [0, 0.1) is 6.92 Å². The first-order chi connectivity index (χ1) is 7.68. The molecule has 1 aliphatic rings. The Hall–Kier alpha value is -0.780. The van der Waals surface area contributed by atoms with Crippen molar-refractivity contribution in [1.82, 2.24) is 10.3 Å². The molecule has 0 spiro atoms. The Morgan fingerprint density at radius 3 is 3.19 bits per heavy atom. The number of aryl methyl sites for hydroxylation is 1. The van der Waals surface area contributed by atoms with E-state index >= 15 is 0 Å². The van der Waals surface area contributed by atoms with Gasteiger partial charge < -0.3 is 5.32 Å². The van der Waals surface area contributed by atoms with Crippen LogP contribution in [0.1, 0.15) is 5.56 Å². The van der Waals surface area contributed by atoms with E-state index in [9.17, 15) is 4.79 Å². The highest BCUT2D eigenvalue weighted by atomic mass is 35.5. The summed E-state index contributed by atoms with van der Waals surface area (Å²) in [6, 6.07) is 1.68. The highest BCUT2D eigenvalue weighted by Gasteiger charge is 2.23. The van der Waals surface area contributed by atoms with Gasteiger partial charge in [-0.1, -0.05) is 11.6 Å². The molecule has 6 heteroatoms. The first-order valence-electron chi connectivity index (χ1n) is 4.91. The van der Waals surface area contributed by atoms with Crippen molar-refractivity contribution < 1.29 is 4.79 Å². The number of halogens is 1. The number of thioether (sulfide) groups is 1. The molecule has 2 rings (SSSR count). The lowest BCUT2D eigenvalue weighted by Gasteiger charge is -2.12. The first kappa shape index (κ1) is 11.7. The number of aromatic nitrogens is 1. The molecule has 1 aromatic rings. The maximum absolute atomic E-state index is 11.8. The van der Waals surface area contributed by atoms with Gasteiger partial charge in [0.05, 0.1) is 11.7 Å². The van der Waals surface area contributed by atoms with E-state index in [0.29, 0.717) is 10.8 Å². The molecular weight excluding hydrogens is 246 g/mol. The third-order valence-electron chi connectivity index (χ3n) is 2.39. The molecule has 0 radical (unpaired) electrons. The second-order valence-corrected chi connectivity index (χ2v) is 4.94. The summed E-state index contributed by atoms with van der Waals surface area (Å²) >= 11 is 7.64. The molecule has 1 atom stereocenters. The number of nitrogens with zero attached hydrogens (tertiary/aromatic N) is 1. The maximum Gasteiger partial charge on any atom is 0.242 e. The van der Waals surface area contributed by atoms with Crippen LogP contribution in [0.25, 0.3) is 0 Å². The van der Waals surface area contributed by atoms with Crippen molar-refractivity contribution in [3.8, 4) is 0 Å². The zero-order valence-corrected chi connectivity index (χ0v) is 10.4. The normalized spacial score (nSPS) is 19.8. The smallest absolute Gasteiger partial charge is 0.242 e. The molecule has 4 nitrogen and oxygen atoms in total. The van der Waals surface area contributed by atoms with Gasteiger partial charge in [-0.05, 0) is 18.6 Å². The fraction of sp³-hybridized carbons (Fsp3) is 0.400. The number of hydrogen-bond acceptors (Lipinski definition) is 4. The van der Waals surface area contributed by atoms with E-state index in [-0.39, 0.29) is 11.9 Å². The number of amides is 1. The fourth-order valence-electron chi connectivity index (χ4n) is 1.45. The van der Waals surface area contributed by atoms with E-state index < -0.39 is 0 Å². The minimum atomic E-state index is -0.138. The SMILES string of the molecule is Cc1ccnc(Cl)c1NC(=O)C1CSCN1. The van der Waals surface area contributed by atoms with Gasteiger partial charge in [-0.25, -0.2) is 4.98 Å². The zero-order chi connectivity index (χ0) is 11.5. The quantitative estimate of drug-likeness (QED) is 0.791. The summed E-state index contributed by atoms with van der Waals surface area (Å²) in [5.41, 5.74) is 1.52. The lowest BCUT2D eigenvalue weighted by atomic mass is 10.2. The van der Waals surface area contributed by atoms with Crippen LogP contribution in [0.3, 0.4) is 0 Å². The average Bonchev–Trinajstić information content (AvgIpc) is 2.76. The molecule has 0 saturated carbocycles. The molecule has 86 valence electrons. The number of carbonyl (C=O) groups is 1. The summed E-state index contributed by atoms with van der Waals surface area (Å²) in [6.07, 6.45) is 1.62. The molecule has 1 aromatic heterocycles. The second kappa shape index (κ2) is 5.03. The number of pyridine rings is 1. The Labute approximate surface area is 103 Å². The number of nitrogens with one attached hydrogen (secondary N) is 2. The molecule has 1 amide bonds. The van der Waals surface area contributed by atoms with Crippen molar-refractivity contribution in [2.24, 2.45) is 0 Å². The predicted molar refractivity (Wildman–Crippen MR) is 66.9 cm³/mol. The van der Waals surface area contributed by atoms with Gasteiger partial charge in [0.1, 0.15) is 0 Å². The van der Waals surface area contributed by atoms with E-state index in [1.165, 1.54) is 0 Å². The number of rotatable bonds is 2. The van der Waals surface area contributed by atoms with Gasteiger partial charge in [0.2, 0.25) is 5.91 Å². The van der Waals surface area contributed by atoms with Crippen LogP contribution < -0.4 is 10.6 Å². The third kappa shape index (κ3) is 2.48. The van der Waals surface area contributed by atoms with Gasteiger partial charge in [0.25, 0.3) is 0 Å². The number of carbonyl (C=O) groups excluding carboxylic acids is 1. The Kier molecular flexibility index (Phi) is 3.68. The highest BCUT2D eigenvalue weighted by Crippen LogP contribution is 2.23. The van der Waals surface area contributed by atoms with Crippen LogP contribution in [-0.2, 0) is 4.79 Å². The Balaban J connectivity index is 2.11. The molecular formula is C10H12ClN3OS. The fourth-order valence-corrected chi connectivity index (χ4v) is 2.64. The molecule has 2 N–H and O–H groups in total. The van der Waals surface area contributed by atoms with Gasteiger partial charge in [0.15, 0.2) is 5.15 Å². The highest BCUT2D eigenvalue weighted by molar-refractivity contribution is 7.99. The number of hydrogen-bond donors (Lipinski definition) is 2. The van der Waals surface area contributed by atoms with Crippen molar-refractivity contribution in [2.75, 3.05) is 16.9 Å². The van der Waals surface area contributed by atoms with Crippen LogP contribution in [0.4, 0.5) is 5.69 Å². The van der Waals surface area contributed by atoms with Crippen molar-refractivity contribution in [2.45, 2.75) is 13.0 Å². The van der Waals surface area contributed by atoms with Crippen LogP contribution in [-0.4, -0.2) is 28.6 Å². The van der Waals surface area contributed by atoms with Gasteiger partial charge in [-0.15, -0.1) is 11.8 Å². The predicted octanol–water partition coefficient (Wildman–Crippen LogP) is 1.64. The van der Waals surface area contributed by atoms with Crippen LogP contribution in [0.5, 0.6) is 0 Å². The van der Waals surface area contributed by atoms with Gasteiger partial charge >= 0.3 is 0 Å². The van der Waals surface area contributed by atoms with Crippen molar-refractivity contribution >= 4 is 35.0 Å². The van der Waals surface area contributed by atoms with Gasteiger partial charge in [-0.3, -0.25) is 10.1 Å². The molecule has 16 heavy (non-hydrogen) atoms. The van der Waals surface area contributed by atoms with E-state index in [2.05, 4.69) is 15.6 Å². The standard InChI is InChI=1S/C10H12ClN3OS/c1-6-2-3-12-9(11)8(6)14-10(15)7-4-16-5-13-7/h2-3,7,13H,4-5H2,1H3,(H,14,15). The molecule has 1 unspecified atom stereocenters. The van der Waals surface area contributed by atoms with Crippen molar-refractivity contribution in [3.05, 3.63) is 23.0 Å². The molecule has 0 aliphatic carbocycles. The van der Waals surface area contributed by atoms with Crippen molar-refractivity contribution in [3.63, 3.8) is 0 Å². The first-order valence-corrected chi connectivity index (χ1v) is 6.45. The van der Waals surface area contributed by atoms with E-state index in [0.717, 1.165) is 17.2 Å². The lowest BCUT2D eigenvalue weighted by molar-refractivity contribution is -0.117. The summed E-state index contributed by atoms with van der Waals surface area (Å²) in [6.45, 7) is 1.89.